The van der Waals surface area contributed by atoms with Crippen molar-refractivity contribution in [1.82, 2.24) is 4.31 Å². The van der Waals surface area contributed by atoms with Gasteiger partial charge in [0.25, 0.3) is 0 Å². The second-order valence-electron chi connectivity index (χ2n) is 6.44. The van der Waals surface area contributed by atoms with Gasteiger partial charge in [-0.15, -0.1) is 0 Å². The zero-order valence-electron chi connectivity index (χ0n) is 13.7. The van der Waals surface area contributed by atoms with E-state index in [1.807, 2.05) is 0 Å². The fourth-order valence-electron chi connectivity index (χ4n) is 3.34. The number of carboxylic acid groups (broad SMARTS) is 1. The van der Waals surface area contributed by atoms with Gasteiger partial charge in [0.1, 0.15) is 0 Å². The highest BCUT2D eigenvalue weighted by atomic mass is 32.2. The zero-order valence-corrected chi connectivity index (χ0v) is 14.5. The zero-order chi connectivity index (χ0) is 17.6. The molecule has 0 aliphatic carbocycles. The fourth-order valence-corrected chi connectivity index (χ4v) is 4.70. The van der Waals surface area contributed by atoms with E-state index in [0.29, 0.717) is 6.54 Å². The number of rotatable bonds is 5. The summed E-state index contributed by atoms with van der Waals surface area (Å²) in [7, 11) is -2.41. The Morgan fingerprint density at radius 3 is 2.71 bits per heavy atom. The third-order valence-corrected chi connectivity index (χ3v) is 6.44. The van der Waals surface area contributed by atoms with E-state index in [4.69, 9.17) is 5.11 Å². The lowest BCUT2D eigenvalue weighted by Gasteiger charge is -2.26. The minimum atomic E-state index is -3.79. The normalized spacial score (nSPS) is 18.0. The van der Waals surface area contributed by atoms with Crippen LogP contribution in [0.1, 0.15) is 24.5 Å². The summed E-state index contributed by atoms with van der Waals surface area (Å²) in [5, 5.41) is 8.98. The number of benzene rings is 1. The van der Waals surface area contributed by atoms with Crippen LogP contribution in [0.3, 0.4) is 0 Å². The minimum Gasteiger partial charge on any atom is -0.481 e. The van der Waals surface area contributed by atoms with Crippen molar-refractivity contribution in [1.29, 1.82) is 0 Å². The van der Waals surface area contributed by atoms with Crippen LogP contribution in [0.2, 0.25) is 0 Å². The first-order valence-corrected chi connectivity index (χ1v) is 9.31. The van der Waals surface area contributed by atoms with Crippen molar-refractivity contribution >= 4 is 27.6 Å². The summed E-state index contributed by atoms with van der Waals surface area (Å²) in [5.41, 5.74) is 2.49. The molecule has 2 aliphatic rings. The average molecular weight is 352 g/mol. The number of amides is 1. The number of carbonyl (C=O) groups excluding carboxylic acids is 1. The van der Waals surface area contributed by atoms with E-state index in [9.17, 15) is 18.0 Å². The lowest BCUT2D eigenvalue weighted by molar-refractivity contribution is -0.141. The molecule has 2 aliphatic heterocycles. The Hall–Kier alpha value is -1.93. The highest BCUT2D eigenvalue weighted by molar-refractivity contribution is 7.89. The van der Waals surface area contributed by atoms with Gasteiger partial charge < -0.3 is 10.0 Å². The van der Waals surface area contributed by atoms with Crippen LogP contribution in [0.15, 0.2) is 17.0 Å². The molecule has 0 spiro atoms. The quantitative estimate of drug-likeness (QED) is 0.848. The van der Waals surface area contributed by atoms with Crippen LogP contribution in [0.5, 0.6) is 0 Å². The summed E-state index contributed by atoms with van der Waals surface area (Å²) >= 11 is 0. The summed E-state index contributed by atoms with van der Waals surface area (Å²) in [6, 6.07) is 3.18. The second-order valence-corrected chi connectivity index (χ2v) is 8.49. The van der Waals surface area contributed by atoms with Gasteiger partial charge in [-0.05, 0) is 36.1 Å². The van der Waals surface area contributed by atoms with Crippen molar-refractivity contribution in [2.45, 2.75) is 31.1 Å². The smallest absolute Gasteiger partial charge is 0.307 e. The molecule has 8 heteroatoms. The second kappa shape index (κ2) is 5.86. The van der Waals surface area contributed by atoms with Gasteiger partial charge in [-0.3, -0.25) is 9.59 Å². The lowest BCUT2D eigenvalue weighted by Crippen LogP contribution is -2.34. The van der Waals surface area contributed by atoms with Gasteiger partial charge in [0.05, 0.1) is 22.9 Å². The van der Waals surface area contributed by atoms with Gasteiger partial charge in [0, 0.05) is 20.1 Å². The van der Waals surface area contributed by atoms with Crippen LogP contribution in [0.4, 0.5) is 5.69 Å². The Morgan fingerprint density at radius 1 is 1.38 bits per heavy atom. The van der Waals surface area contributed by atoms with Crippen molar-refractivity contribution in [3.8, 4) is 0 Å². The summed E-state index contributed by atoms with van der Waals surface area (Å²) in [6.07, 6.45) is 1.78. The minimum absolute atomic E-state index is 0.00773. The van der Waals surface area contributed by atoms with Crippen molar-refractivity contribution in [3.63, 3.8) is 0 Å². The number of aliphatic carboxylic acids is 1. The van der Waals surface area contributed by atoms with Crippen molar-refractivity contribution in [2.75, 3.05) is 25.0 Å². The third-order valence-electron chi connectivity index (χ3n) is 4.64. The molecule has 0 fully saturated rings. The van der Waals surface area contributed by atoms with Crippen LogP contribution < -0.4 is 4.90 Å². The number of anilines is 1. The molecule has 0 radical (unpaired) electrons. The van der Waals surface area contributed by atoms with E-state index in [-0.39, 0.29) is 23.8 Å². The first kappa shape index (κ1) is 16.9. The number of aryl methyl sites for hydroxylation is 1. The molecule has 0 saturated carbocycles. The van der Waals surface area contributed by atoms with E-state index < -0.39 is 21.9 Å². The fraction of sp³-hybridized carbons (Fsp3) is 0.500. The molecule has 2 heterocycles. The van der Waals surface area contributed by atoms with Crippen molar-refractivity contribution < 1.29 is 23.1 Å². The van der Waals surface area contributed by atoms with Crippen LogP contribution in [-0.4, -0.2) is 49.8 Å². The molecular formula is C16H20N2O5S. The van der Waals surface area contributed by atoms with Crippen molar-refractivity contribution in [2.24, 2.45) is 5.92 Å². The monoisotopic (exact) mass is 352 g/mol. The standard InChI is InChI=1S/C16H20N2O5S/c1-10(16(20)21)9-17(2)24(22,23)13-6-11-4-3-5-18-14(19)8-12(7-13)15(11)18/h6-7,10H,3-5,8-9H2,1-2H3,(H,20,21). The van der Waals surface area contributed by atoms with Crippen LogP contribution in [0, 0.1) is 5.92 Å². The molecule has 1 N–H and O–H groups in total. The first-order chi connectivity index (χ1) is 11.2. The van der Waals surface area contributed by atoms with Crippen LogP contribution >= 0.6 is 0 Å². The Morgan fingerprint density at radius 2 is 2.04 bits per heavy atom. The summed E-state index contributed by atoms with van der Waals surface area (Å²) in [4.78, 5) is 24.9. The molecule has 0 saturated heterocycles. The van der Waals surface area contributed by atoms with Gasteiger partial charge in [-0.2, -0.15) is 0 Å². The average Bonchev–Trinajstić information content (AvgIpc) is 2.85. The largest absolute Gasteiger partial charge is 0.481 e. The third kappa shape index (κ3) is 2.69. The van der Waals surface area contributed by atoms with Gasteiger partial charge in [0.15, 0.2) is 0 Å². The Labute approximate surface area is 140 Å². The molecule has 24 heavy (non-hydrogen) atoms. The lowest BCUT2D eigenvalue weighted by atomic mass is 10.0. The van der Waals surface area contributed by atoms with Gasteiger partial charge >= 0.3 is 5.97 Å². The molecule has 1 unspecified atom stereocenters. The molecule has 1 aromatic rings. The number of nitrogens with zero attached hydrogens (tertiary/aromatic N) is 2. The Balaban J connectivity index is 1.97. The maximum absolute atomic E-state index is 12.8. The molecule has 0 aromatic heterocycles. The number of sulfonamides is 1. The highest BCUT2D eigenvalue weighted by Crippen LogP contribution is 2.38. The summed E-state index contributed by atoms with van der Waals surface area (Å²) in [5.74, 6) is -1.83. The molecule has 1 atom stereocenters. The van der Waals surface area contributed by atoms with Gasteiger partial charge in [-0.1, -0.05) is 6.92 Å². The number of carbonyl (C=O) groups is 2. The molecule has 1 amide bonds. The first-order valence-electron chi connectivity index (χ1n) is 7.87. The van der Waals surface area contributed by atoms with E-state index in [1.54, 1.807) is 17.0 Å². The predicted octanol–water partition coefficient (Wildman–Crippen LogP) is 0.863. The van der Waals surface area contributed by atoms with Gasteiger partial charge in [-0.25, -0.2) is 12.7 Å². The maximum atomic E-state index is 12.8. The summed E-state index contributed by atoms with van der Waals surface area (Å²) < 4.78 is 26.6. The Bertz CT molecular complexity index is 818. The van der Waals surface area contributed by atoms with Crippen LogP contribution in [0.25, 0.3) is 0 Å². The van der Waals surface area contributed by atoms with Crippen molar-refractivity contribution in [3.05, 3.63) is 23.3 Å². The number of hydrogen-bond acceptors (Lipinski definition) is 4. The molecule has 0 bridgehead atoms. The molecule has 3 rings (SSSR count). The highest BCUT2D eigenvalue weighted by Gasteiger charge is 2.34. The number of carboxylic acids is 1. The van der Waals surface area contributed by atoms with Gasteiger partial charge in [0.2, 0.25) is 15.9 Å². The van der Waals surface area contributed by atoms with E-state index in [1.165, 1.54) is 14.0 Å². The molecule has 130 valence electrons. The summed E-state index contributed by atoms with van der Waals surface area (Å²) in [6.45, 7) is 2.05. The maximum Gasteiger partial charge on any atom is 0.307 e. The van der Waals surface area contributed by atoms with E-state index >= 15 is 0 Å². The van der Waals surface area contributed by atoms with E-state index in [0.717, 1.165) is 34.0 Å². The van der Waals surface area contributed by atoms with E-state index in [2.05, 4.69) is 0 Å². The predicted molar refractivity (Wildman–Crippen MR) is 87.4 cm³/mol. The topological polar surface area (TPSA) is 95.0 Å². The molecule has 1 aromatic carbocycles. The molecular weight excluding hydrogens is 332 g/mol. The Kier molecular flexibility index (Phi) is 4.13. The SMILES string of the molecule is CC(CN(C)S(=O)(=O)c1cc2c3c(c1)CC(=O)N3CCC2)C(=O)O. The number of hydrogen-bond donors (Lipinski definition) is 1. The molecule has 7 nitrogen and oxygen atoms in total. The van der Waals surface area contributed by atoms with Crippen LogP contribution in [-0.2, 0) is 32.5 Å².